The number of rotatable bonds is 9. The topological polar surface area (TPSA) is 116 Å². The highest BCUT2D eigenvalue weighted by Crippen LogP contribution is 2.31. The maximum absolute atomic E-state index is 5.10. The van der Waals surface area contributed by atoms with Crippen LogP contribution in [0.15, 0.2) is 200 Å². The highest BCUT2D eigenvalue weighted by Gasteiger charge is 2.18. The maximum Gasteiger partial charge on any atom is 0.164 e. The fourth-order valence-corrected chi connectivity index (χ4v) is 6.82. The van der Waals surface area contributed by atoms with Gasteiger partial charge in [-0.15, -0.1) is 0 Å². The second-order valence-electron chi connectivity index (χ2n) is 13.9. The molecule has 0 unspecified atom stereocenters. The van der Waals surface area contributed by atoms with Gasteiger partial charge in [-0.1, -0.05) is 188 Å². The third kappa shape index (κ3) is 7.66. The second kappa shape index (κ2) is 16.2. The lowest BCUT2D eigenvalue weighted by Crippen LogP contribution is -2.02. The summed E-state index contributed by atoms with van der Waals surface area (Å²) in [5, 5.41) is 0. The molecule has 7 aromatic carbocycles. The van der Waals surface area contributed by atoms with Crippen molar-refractivity contribution in [3.8, 4) is 102 Å². The molecule has 0 aliphatic heterocycles. The Bertz CT molecular complexity index is 2770. The molecule has 0 saturated heterocycles. The van der Waals surface area contributed by atoms with Gasteiger partial charge in [0.05, 0.1) is 0 Å². The van der Waals surface area contributed by atoms with Crippen molar-refractivity contribution in [2.75, 3.05) is 0 Å². The van der Waals surface area contributed by atoms with Gasteiger partial charge in [-0.05, 0) is 12.1 Å². The van der Waals surface area contributed by atoms with Crippen LogP contribution in [0.25, 0.3) is 102 Å². The molecule has 282 valence electrons. The molecule has 3 heterocycles. The molecule has 0 bridgehead atoms. The lowest BCUT2D eigenvalue weighted by molar-refractivity contribution is 1.06. The van der Waals surface area contributed by atoms with Crippen LogP contribution < -0.4 is 0 Å². The van der Waals surface area contributed by atoms with Crippen LogP contribution in [0.3, 0.4) is 0 Å². The van der Waals surface area contributed by atoms with E-state index in [2.05, 4.69) is 0 Å². The number of nitrogens with zero attached hydrogens (tertiary/aromatic N) is 9. The van der Waals surface area contributed by atoms with Crippen molar-refractivity contribution < 1.29 is 0 Å². The van der Waals surface area contributed by atoms with Crippen LogP contribution in [0.5, 0.6) is 0 Å². The maximum atomic E-state index is 5.10. The van der Waals surface area contributed by atoms with Crippen molar-refractivity contribution >= 4 is 0 Å². The highest BCUT2D eigenvalue weighted by atomic mass is 15.1. The molecule has 10 aromatic rings. The van der Waals surface area contributed by atoms with Crippen LogP contribution in [-0.4, -0.2) is 44.9 Å². The first-order valence-corrected chi connectivity index (χ1v) is 19.5. The van der Waals surface area contributed by atoms with E-state index in [0.717, 1.165) is 50.1 Å². The quantitative estimate of drug-likeness (QED) is 0.141. The molecule has 9 nitrogen and oxygen atoms in total. The standard InChI is InChI=1S/C51H33N9/c1-6-18-34(19-7-1)43-52-44(35-20-8-2-9-21-35)55-48(54-43)39-28-16-30-41(32-39)50-58-47(38-26-14-5-15-27-38)59-51(60-50)42-31-17-29-40(33-42)49-56-45(36-22-10-3-11-23-36)53-46(57-49)37-24-12-4-13-25-37/h1-33H. The summed E-state index contributed by atoms with van der Waals surface area (Å²) in [6.45, 7) is 0. The summed E-state index contributed by atoms with van der Waals surface area (Å²) < 4.78 is 0. The number of aromatic nitrogens is 9. The van der Waals surface area contributed by atoms with Gasteiger partial charge in [0.25, 0.3) is 0 Å². The van der Waals surface area contributed by atoms with E-state index in [4.69, 9.17) is 44.9 Å². The predicted octanol–water partition coefficient (Wildman–Crippen LogP) is 11.2. The van der Waals surface area contributed by atoms with Crippen LogP contribution in [-0.2, 0) is 0 Å². The minimum atomic E-state index is 0.504. The van der Waals surface area contributed by atoms with E-state index in [9.17, 15) is 0 Å². The highest BCUT2D eigenvalue weighted by molar-refractivity contribution is 5.74. The summed E-state index contributed by atoms with van der Waals surface area (Å²) in [6, 6.07) is 65.7. The van der Waals surface area contributed by atoms with Gasteiger partial charge in [-0.25, -0.2) is 44.9 Å². The van der Waals surface area contributed by atoms with Gasteiger partial charge in [0.2, 0.25) is 0 Å². The molecular weight excluding hydrogens is 739 g/mol. The molecule has 60 heavy (non-hydrogen) atoms. The molecule has 0 N–H and O–H groups in total. The molecular formula is C51H33N9. The normalized spacial score (nSPS) is 11.0. The fraction of sp³-hybridized carbons (Fsp3) is 0. The van der Waals surface area contributed by atoms with Crippen molar-refractivity contribution in [2.45, 2.75) is 0 Å². The molecule has 0 fully saturated rings. The first kappa shape index (κ1) is 35.9. The zero-order valence-electron chi connectivity index (χ0n) is 32.1. The van der Waals surface area contributed by atoms with Gasteiger partial charge in [0, 0.05) is 50.1 Å². The Morgan fingerprint density at radius 3 is 0.483 bits per heavy atom. The Kier molecular flexibility index (Phi) is 9.71. The Hall–Kier alpha value is -8.43. The average molecular weight is 772 g/mol. The largest absolute Gasteiger partial charge is 0.208 e. The fourth-order valence-electron chi connectivity index (χ4n) is 6.82. The molecule has 10 rings (SSSR count). The van der Waals surface area contributed by atoms with Gasteiger partial charge >= 0.3 is 0 Å². The van der Waals surface area contributed by atoms with E-state index in [0.29, 0.717) is 52.4 Å². The van der Waals surface area contributed by atoms with Crippen LogP contribution in [0, 0.1) is 0 Å². The van der Waals surface area contributed by atoms with Gasteiger partial charge in [0.1, 0.15) is 0 Å². The van der Waals surface area contributed by atoms with Crippen molar-refractivity contribution in [1.82, 2.24) is 44.9 Å². The van der Waals surface area contributed by atoms with Crippen molar-refractivity contribution in [2.24, 2.45) is 0 Å². The van der Waals surface area contributed by atoms with Crippen molar-refractivity contribution in [1.29, 1.82) is 0 Å². The van der Waals surface area contributed by atoms with E-state index in [1.54, 1.807) is 0 Å². The molecule has 0 aliphatic rings. The number of hydrogen-bond donors (Lipinski definition) is 0. The lowest BCUT2D eigenvalue weighted by atomic mass is 10.1. The third-order valence-corrected chi connectivity index (χ3v) is 9.82. The first-order chi connectivity index (χ1) is 29.7. The monoisotopic (exact) mass is 771 g/mol. The smallest absolute Gasteiger partial charge is 0.164 e. The van der Waals surface area contributed by atoms with E-state index >= 15 is 0 Å². The zero-order chi connectivity index (χ0) is 40.1. The van der Waals surface area contributed by atoms with Crippen LogP contribution in [0.4, 0.5) is 0 Å². The Morgan fingerprint density at radius 2 is 0.300 bits per heavy atom. The van der Waals surface area contributed by atoms with Crippen LogP contribution >= 0.6 is 0 Å². The summed E-state index contributed by atoms with van der Waals surface area (Å²) in [4.78, 5) is 44.7. The molecule has 3 aromatic heterocycles. The summed E-state index contributed by atoms with van der Waals surface area (Å²) >= 11 is 0. The third-order valence-electron chi connectivity index (χ3n) is 9.82. The minimum Gasteiger partial charge on any atom is -0.208 e. The predicted molar refractivity (Wildman–Crippen MR) is 236 cm³/mol. The zero-order valence-corrected chi connectivity index (χ0v) is 32.1. The van der Waals surface area contributed by atoms with Crippen LogP contribution in [0.2, 0.25) is 0 Å². The van der Waals surface area contributed by atoms with Gasteiger partial charge < -0.3 is 0 Å². The summed E-state index contributed by atoms with van der Waals surface area (Å²) in [6.07, 6.45) is 0. The van der Waals surface area contributed by atoms with E-state index < -0.39 is 0 Å². The molecule has 0 radical (unpaired) electrons. The Morgan fingerprint density at radius 1 is 0.150 bits per heavy atom. The van der Waals surface area contributed by atoms with Crippen molar-refractivity contribution in [3.63, 3.8) is 0 Å². The molecule has 0 atom stereocenters. The van der Waals surface area contributed by atoms with Gasteiger partial charge in [0.15, 0.2) is 52.4 Å². The number of hydrogen-bond acceptors (Lipinski definition) is 9. The first-order valence-electron chi connectivity index (χ1n) is 19.5. The summed E-state index contributed by atoms with van der Waals surface area (Å²) in [5.74, 6) is 4.98. The molecule has 0 saturated carbocycles. The van der Waals surface area contributed by atoms with Gasteiger partial charge in [-0.2, -0.15) is 0 Å². The Labute approximate surface area is 346 Å². The summed E-state index contributed by atoms with van der Waals surface area (Å²) in [7, 11) is 0. The van der Waals surface area contributed by atoms with E-state index in [1.165, 1.54) is 0 Å². The van der Waals surface area contributed by atoms with Crippen molar-refractivity contribution in [3.05, 3.63) is 200 Å². The number of benzene rings is 7. The van der Waals surface area contributed by atoms with E-state index in [-0.39, 0.29) is 0 Å². The van der Waals surface area contributed by atoms with Gasteiger partial charge in [-0.3, -0.25) is 0 Å². The van der Waals surface area contributed by atoms with E-state index in [1.807, 2.05) is 200 Å². The molecule has 9 heteroatoms. The SMILES string of the molecule is c1ccc(-c2nc(-c3ccccc3)nc(-c3cccc(-c4nc(-c5ccccc5)nc(-c5cccc(-c6nc(-c7ccccc7)nc(-c7ccccc7)n6)c5)n4)c3)n2)cc1. The lowest BCUT2D eigenvalue weighted by Gasteiger charge is -2.11. The summed E-state index contributed by atoms with van der Waals surface area (Å²) in [5.41, 5.74) is 7.62. The Balaban J connectivity index is 1.09. The second-order valence-corrected chi connectivity index (χ2v) is 13.9. The molecule has 0 spiro atoms. The average Bonchev–Trinajstić information content (AvgIpc) is 3.35. The molecule has 0 aliphatic carbocycles. The minimum absolute atomic E-state index is 0.504. The molecule has 0 amide bonds. The van der Waals surface area contributed by atoms with Crippen LogP contribution in [0.1, 0.15) is 0 Å².